The summed E-state index contributed by atoms with van der Waals surface area (Å²) in [5, 5.41) is 22.9. The molecule has 2 rings (SSSR count). The Kier molecular flexibility index (Phi) is 6.33. The molecule has 0 bridgehead atoms. The van der Waals surface area contributed by atoms with Gasteiger partial charge >= 0.3 is 0 Å². The van der Waals surface area contributed by atoms with Gasteiger partial charge in [0.1, 0.15) is 11.5 Å². The van der Waals surface area contributed by atoms with Crippen LogP contribution in [-0.4, -0.2) is 29.5 Å². The Morgan fingerprint density at radius 3 is 2.52 bits per heavy atom. The molecule has 21 heavy (non-hydrogen) atoms. The highest BCUT2D eigenvalue weighted by atomic mass is 16.5. The van der Waals surface area contributed by atoms with Crippen molar-refractivity contribution >= 4 is 0 Å². The zero-order valence-electron chi connectivity index (χ0n) is 12.8. The highest BCUT2D eigenvalue weighted by Crippen LogP contribution is 2.32. The summed E-state index contributed by atoms with van der Waals surface area (Å²) in [5.41, 5.74) is 0.561. The second-order valence-corrected chi connectivity index (χ2v) is 5.87. The van der Waals surface area contributed by atoms with Gasteiger partial charge in [-0.15, -0.1) is 0 Å². The van der Waals surface area contributed by atoms with Crippen LogP contribution in [0.5, 0.6) is 11.5 Å². The molecule has 0 spiro atoms. The first-order valence-corrected chi connectivity index (χ1v) is 8.04. The summed E-state index contributed by atoms with van der Waals surface area (Å²) in [4.78, 5) is 0. The first-order chi connectivity index (χ1) is 10.2. The monoisotopic (exact) mass is 293 g/mol. The molecular formula is C17H27NO3. The van der Waals surface area contributed by atoms with E-state index in [0.717, 1.165) is 19.6 Å². The standard InChI is InChI=1S/C17H27NO3/c1-13(17-15(19)9-5-10-16(17)20)18-11-6-12-21-14-7-3-2-4-8-14/h5,9-10,13-14,18-20H,2-4,6-8,11-12H2,1H3. The minimum atomic E-state index is -0.0825. The van der Waals surface area contributed by atoms with Crippen LogP contribution < -0.4 is 5.32 Å². The summed E-state index contributed by atoms with van der Waals surface area (Å²) in [7, 11) is 0. The van der Waals surface area contributed by atoms with Gasteiger partial charge in [-0.2, -0.15) is 0 Å². The third kappa shape index (κ3) is 4.90. The number of benzene rings is 1. The van der Waals surface area contributed by atoms with Gasteiger partial charge in [-0.05, 0) is 44.9 Å². The molecule has 0 amide bonds. The van der Waals surface area contributed by atoms with Crippen molar-refractivity contribution in [3.8, 4) is 11.5 Å². The predicted octanol–water partition coefficient (Wildman–Crippen LogP) is 3.49. The Hall–Kier alpha value is -1.26. The zero-order chi connectivity index (χ0) is 15.1. The maximum atomic E-state index is 9.81. The lowest BCUT2D eigenvalue weighted by Gasteiger charge is -2.22. The Bertz CT molecular complexity index is 410. The maximum Gasteiger partial charge on any atom is 0.124 e. The number of hydrogen-bond donors (Lipinski definition) is 3. The van der Waals surface area contributed by atoms with Crippen LogP contribution >= 0.6 is 0 Å². The van der Waals surface area contributed by atoms with Crippen molar-refractivity contribution in [2.45, 2.75) is 57.6 Å². The maximum absolute atomic E-state index is 9.81. The molecule has 1 aromatic carbocycles. The van der Waals surface area contributed by atoms with Gasteiger partial charge in [-0.3, -0.25) is 0 Å². The molecule has 1 aromatic rings. The smallest absolute Gasteiger partial charge is 0.124 e. The van der Waals surface area contributed by atoms with Crippen molar-refractivity contribution in [2.75, 3.05) is 13.2 Å². The van der Waals surface area contributed by atoms with Crippen molar-refractivity contribution in [1.29, 1.82) is 0 Å². The molecule has 4 nitrogen and oxygen atoms in total. The summed E-state index contributed by atoms with van der Waals surface area (Å²) in [6, 6.07) is 4.75. The minimum absolute atomic E-state index is 0.0825. The molecule has 0 saturated heterocycles. The fourth-order valence-corrected chi connectivity index (χ4v) is 2.96. The molecule has 1 saturated carbocycles. The van der Waals surface area contributed by atoms with Crippen LogP contribution in [-0.2, 0) is 4.74 Å². The average molecular weight is 293 g/mol. The molecule has 4 heteroatoms. The molecule has 0 heterocycles. The molecule has 1 fully saturated rings. The van der Waals surface area contributed by atoms with E-state index in [1.807, 2.05) is 6.92 Å². The van der Waals surface area contributed by atoms with Crippen LogP contribution in [0.2, 0.25) is 0 Å². The Labute approximate surface area is 127 Å². The number of phenolic OH excluding ortho intramolecular Hbond substituents is 2. The van der Waals surface area contributed by atoms with Crippen molar-refractivity contribution in [2.24, 2.45) is 0 Å². The lowest BCUT2D eigenvalue weighted by molar-refractivity contribution is 0.0271. The number of hydrogen-bond acceptors (Lipinski definition) is 4. The van der Waals surface area contributed by atoms with Crippen LogP contribution in [0.1, 0.15) is 57.1 Å². The van der Waals surface area contributed by atoms with Gasteiger partial charge in [0.15, 0.2) is 0 Å². The summed E-state index contributed by atoms with van der Waals surface area (Å²) in [6.07, 6.45) is 7.75. The van der Waals surface area contributed by atoms with E-state index < -0.39 is 0 Å². The van der Waals surface area contributed by atoms with Crippen LogP contribution in [0.3, 0.4) is 0 Å². The van der Waals surface area contributed by atoms with Gasteiger partial charge in [-0.25, -0.2) is 0 Å². The van der Waals surface area contributed by atoms with E-state index in [1.165, 1.54) is 32.1 Å². The average Bonchev–Trinajstić information content (AvgIpc) is 2.48. The molecule has 0 radical (unpaired) electrons. The van der Waals surface area contributed by atoms with Crippen LogP contribution in [0.25, 0.3) is 0 Å². The molecular weight excluding hydrogens is 266 g/mol. The van der Waals surface area contributed by atoms with Gasteiger partial charge < -0.3 is 20.3 Å². The highest BCUT2D eigenvalue weighted by molar-refractivity contribution is 5.44. The highest BCUT2D eigenvalue weighted by Gasteiger charge is 2.15. The SMILES string of the molecule is CC(NCCCOC1CCCCC1)c1c(O)cccc1O. The third-order valence-electron chi connectivity index (χ3n) is 4.17. The number of nitrogens with one attached hydrogen (secondary N) is 1. The normalized spacial score (nSPS) is 17.8. The summed E-state index contributed by atoms with van der Waals surface area (Å²) >= 11 is 0. The van der Waals surface area contributed by atoms with E-state index in [2.05, 4.69) is 5.32 Å². The van der Waals surface area contributed by atoms with Crippen molar-refractivity contribution in [1.82, 2.24) is 5.32 Å². The first kappa shape index (κ1) is 16.1. The van der Waals surface area contributed by atoms with Gasteiger partial charge in [0.2, 0.25) is 0 Å². The molecule has 0 aliphatic heterocycles. The number of rotatable bonds is 7. The van der Waals surface area contributed by atoms with E-state index in [1.54, 1.807) is 18.2 Å². The zero-order valence-corrected chi connectivity index (χ0v) is 12.8. The topological polar surface area (TPSA) is 61.7 Å². The predicted molar refractivity (Wildman–Crippen MR) is 83.6 cm³/mol. The Morgan fingerprint density at radius 1 is 1.19 bits per heavy atom. The van der Waals surface area contributed by atoms with E-state index in [4.69, 9.17) is 4.74 Å². The number of aromatic hydroxyl groups is 2. The lowest BCUT2D eigenvalue weighted by atomic mass is 9.98. The summed E-state index contributed by atoms with van der Waals surface area (Å²) < 4.78 is 5.88. The quantitative estimate of drug-likeness (QED) is 0.673. The fourth-order valence-electron chi connectivity index (χ4n) is 2.96. The Morgan fingerprint density at radius 2 is 1.86 bits per heavy atom. The van der Waals surface area contributed by atoms with E-state index >= 15 is 0 Å². The second-order valence-electron chi connectivity index (χ2n) is 5.87. The summed E-state index contributed by atoms with van der Waals surface area (Å²) in [6.45, 7) is 3.52. The molecule has 1 aliphatic rings. The molecule has 1 unspecified atom stereocenters. The second kappa shape index (κ2) is 8.25. The number of ether oxygens (including phenoxy) is 1. The minimum Gasteiger partial charge on any atom is -0.507 e. The fraction of sp³-hybridized carbons (Fsp3) is 0.647. The molecule has 118 valence electrons. The first-order valence-electron chi connectivity index (χ1n) is 8.04. The third-order valence-corrected chi connectivity index (χ3v) is 4.17. The van der Waals surface area contributed by atoms with Gasteiger partial charge in [0.05, 0.1) is 11.7 Å². The van der Waals surface area contributed by atoms with Crippen LogP contribution in [0.4, 0.5) is 0 Å². The number of phenols is 2. The van der Waals surface area contributed by atoms with Crippen LogP contribution in [0, 0.1) is 0 Å². The van der Waals surface area contributed by atoms with Crippen molar-refractivity contribution < 1.29 is 14.9 Å². The van der Waals surface area contributed by atoms with Crippen LogP contribution in [0.15, 0.2) is 18.2 Å². The van der Waals surface area contributed by atoms with Gasteiger partial charge in [0.25, 0.3) is 0 Å². The van der Waals surface area contributed by atoms with Crippen molar-refractivity contribution in [3.05, 3.63) is 23.8 Å². The largest absolute Gasteiger partial charge is 0.507 e. The molecule has 1 aliphatic carbocycles. The van der Waals surface area contributed by atoms with E-state index in [9.17, 15) is 10.2 Å². The van der Waals surface area contributed by atoms with Gasteiger partial charge in [0, 0.05) is 12.6 Å². The molecule has 0 aromatic heterocycles. The van der Waals surface area contributed by atoms with E-state index in [0.29, 0.717) is 11.7 Å². The molecule has 3 N–H and O–H groups in total. The summed E-state index contributed by atoms with van der Waals surface area (Å²) in [5.74, 6) is 0.266. The van der Waals surface area contributed by atoms with Crippen molar-refractivity contribution in [3.63, 3.8) is 0 Å². The molecule has 1 atom stereocenters. The van der Waals surface area contributed by atoms with E-state index in [-0.39, 0.29) is 17.5 Å². The van der Waals surface area contributed by atoms with Gasteiger partial charge in [-0.1, -0.05) is 25.3 Å². The Balaban J connectivity index is 1.66. The lowest BCUT2D eigenvalue weighted by Crippen LogP contribution is -2.23.